The Hall–Kier alpha value is -2.07. The molecular formula is C11H11FN2O. The van der Waals surface area contributed by atoms with Crippen molar-refractivity contribution in [2.75, 3.05) is 7.11 Å². The van der Waals surface area contributed by atoms with Crippen LogP contribution >= 0.6 is 0 Å². The summed E-state index contributed by atoms with van der Waals surface area (Å²) in [7, 11) is 1.33. The first-order valence-corrected chi connectivity index (χ1v) is 4.40. The van der Waals surface area contributed by atoms with Gasteiger partial charge in [0.05, 0.1) is 18.2 Å². The minimum absolute atomic E-state index is 0.138. The zero-order valence-electron chi connectivity index (χ0n) is 8.84. The molecule has 0 saturated heterocycles. The van der Waals surface area contributed by atoms with Gasteiger partial charge in [-0.1, -0.05) is 13.8 Å². The van der Waals surface area contributed by atoms with Crippen LogP contribution in [0.3, 0.4) is 0 Å². The second kappa shape index (κ2) is 6.39. The second-order valence-corrected chi connectivity index (χ2v) is 2.26. The lowest BCUT2D eigenvalue weighted by atomic mass is 10.1. The molecule has 0 radical (unpaired) electrons. The van der Waals surface area contributed by atoms with Crippen LogP contribution in [0.15, 0.2) is 12.1 Å². The van der Waals surface area contributed by atoms with Crippen molar-refractivity contribution >= 4 is 0 Å². The highest BCUT2D eigenvalue weighted by Gasteiger charge is 2.09. The van der Waals surface area contributed by atoms with E-state index in [4.69, 9.17) is 15.3 Å². The van der Waals surface area contributed by atoms with Crippen molar-refractivity contribution in [2.45, 2.75) is 13.8 Å². The van der Waals surface area contributed by atoms with Gasteiger partial charge >= 0.3 is 0 Å². The Morgan fingerprint density at radius 1 is 1.13 bits per heavy atom. The minimum atomic E-state index is -0.682. The average molecular weight is 206 g/mol. The molecule has 0 N–H and O–H groups in total. The van der Waals surface area contributed by atoms with Gasteiger partial charge in [0.25, 0.3) is 0 Å². The van der Waals surface area contributed by atoms with E-state index in [9.17, 15) is 4.39 Å². The second-order valence-electron chi connectivity index (χ2n) is 2.26. The van der Waals surface area contributed by atoms with Gasteiger partial charge in [-0.25, -0.2) is 4.39 Å². The summed E-state index contributed by atoms with van der Waals surface area (Å²) in [5.41, 5.74) is -0.00204. The van der Waals surface area contributed by atoms with Crippen molar-refractivity contribution in [1.29, 1.82) is 10.5 Å². The molecule has 1 aromatic carbocycles. The zero-order chi connectivity index (χ0) is 11.8. The first-order chi connectivity index (χ1) is 7.22. The Kier molecular flexibility index (Phi) is 5.51. The van der Waals surface area contributed by atoms with Crippen LogP contribution in [-0.2, 0) is 0 Å². The average Bonchev–Trinajstić information content (AvgIpc) is 2.31. The van der Waals surface area contributed by atoms with E-state index < -0.39 is 5.82 Å². The van der Waals surface area contributed by atoms with E-state index >= 15 is 0 Å². The van der Waals surface area contributed by atoms with Crippen molar-refractivity contribution in [3.05, 3.63) is 29.1 Å². The van der Waals surface area contributed by atoms with Gasteiger partial charge in [-0.3, -0.25) is 0 Å². The lowest BCUT2D eigenvalue weighted by Crippen LogP contribution is -1.92. The van der Waals surface area contributed by atoms with Gasteiger partial charge in [-0.2, -0.15) is 10.5 Å². The normalized spacial score (nSPS) is 7.87. The molecule has 0 aliphatic rings. The fourth-order valence-corrected chi connectivity index (χ4v) is 0.897. The van der Waals surface area contributed by atoms with Crippen molar-refractivity contribution < 1.29 is 9.13 Å². The Bertz CT molecular complexity index is 416. The van der Waals surface area contributed by atoms with Crippen molar-refractivity contribution in [1.82, 2.24) is 0 Å². The summed E-state index contributed by atoms with van der Waals surface area (Å²) in [5, 5.41) is 17.1. The predicted octanol–water partition coefficient (Wildman–Crippen LogP) is 2.60. The number of hydrogen-bond donors (Lipinski definition) is 0. The summed E-state index contributed by atoms with van der Waals surface area (Å²) in [6.45, 7) is 4.00. The molecule has 1 rings (SSSR count). The topological polar surface area (TPSA) is 56.8 Å². The molecule has 0 fully saturated rings. The Morgan fingerprint density at radius 3 is 2.07 bits per heavy atom. The highest BCUT2D eigenvalue weighted by atomic mass is 19.1. The van der Waals surface area contributed by atoms with Crippen LogP contribution in [0.25, 0.3) is 0 Å². The maximum Gasteiger partial charge on any atom is 0.144 e. The van der Waals surface area contributed by atoms with Gasteiger partial charge in [-0.05, 0) is 6.07 Å². The molecule has 0 unspecified atom stereocenters. The quantitative estimate of drug-likeness (QED) is 0.709. The summed E-state index contributed by atoms with van der Waals surface area (Å²) in [6.07, 6.45) is 0. The summed E-state index contributed by atoms with van der Waals surface area (Å²) >= 11 is 0. The van der Waals surface area contributed by atoms with Crippen LogP contribution < -0.4 is 4.74 Å². The molecule has 4 heteroatoms. The third-order valence-electron chi connectivity index (χ3n) is 1.53. The SMILES string of the molecule is CC.COc1cc(F)c(C#N)cc1C#N. The predicted molar refractivity (Wildman–Crippen MR) is 53.7 cm³/mol. The van der Waals surface area contributed by atoms with Gasteiger partial charge in [-0.15, -0.1) is 0 Å². The fourth-order valence-electron chi connectivity index (χ4n) is 0.897. The van der Waals surface area contributed by atoms with E-state index in [0.29, 0.717) is 0 Å². The summed E-state index contributed by atoms with van der Waals surface area (Å²) in [5.74, 6) is -0.544. The van der Waals surface area contributed by atoms with E-state index in [2.05, 4.69) is 0 Å². The van der Waals surface area contributed by atoms with E-state index in [-0.39, 0.29) is 16.9 Å². The van der Waals surface area contributed by atoms with E-state index in [1.807, 2.05) is 13.8 Å². The monoisotopic (exact) mass is 206 g/mol. The van der Waals surface area contributed by atoms with Crippen molar-refractivity contribution in [3.8, 4) is 17.9 Å². The lowest BCUT2D eigenvalue weighted by molar-refractivity contribution is 0.410. The molecule has 3 nitrogen and oxygen atoms in total. The number of benzene rings is 1. The largest absolute Gasteiger partial charge is 0.495 e. The summed E-state index contributed by atoms with van der Waals surface area (Å²) in [6, 6.07) is 5.63. The number of halogens is 1. The van der Waals surface area contributed by atoms with Gasteiger partial charge in [0.2, 0.25) is 0 Å². The smallest absolute Gasteiger partial charge is 0.144 e. The number of rotatable bonds is 1. The number of ether oxygens (including phenoxy) is 1. The van der Waals surface area contributed by atoms with Crippen LogP contribution in [0.4, 0.5) is 4.39 Å². The van der Waals surface area contributed by atoms with Crippen LogP contribution in [0, 0.1) is 28.5 Å². The van der Waals surface area contributed by atoms with E-state index in [0.717, 1.165) is 12.1 Å². The highest BCUT2D eigenvalue weighted by molar-refractivity contribution is 5.49. The molecule has 0 saturated carbocycles. The maximum atomic E-state index is 12.9. The number of hydrogen-bond acceptors (Lipinski definition) is 3. The molecule has 0 aliphatic carbocycles. The zero-order valence-corrected chi connectivity index (χ0v) is 8.84. The Labute approximate surface area is 88.3 Å². The molecule has 1 aromatic rings. The van der Waals surface area contributed by atoms with Gasteiger partial charge < -0.3 is 4.74 Å². The molecule has 0 aromatic heterocycles. The lowest BCUT2D eigenvalue weighted by Gasteiger charge is -2.02. The minimum Gasteiger partial charge on any atom is -0.495 e. The molecule has 0 bridgehead atoms. The van der Waals surface area contributed by atoms with Crippen molar-refractivity contribution in [3.63, 3.8) is 0 Å². The summed E-state index contributed by atoms with van der Waals surface area (Å²) < 4.78 is 17.7. The molecule has 15 heavy (non-hydrogen) atoms. The molecule has 0 spiro atoms. The number of nitrogens with zero attached hydrogens (tertiary/aromatic N) is 2. The molecule has 0 aliphatic heterocycles. The third-order valence-corrected chi connectivity index (χ3v) is 1.53. The standard InChI is InChI=1S/C9H5FN2O.C2H6/c1-13-9-3-8(10)6(4-11)2-7(9)5-12;1-2/h2-3H,1H3;1-2H3. The molecule has 0 amide bonds. The van der Waals surface area contributed by atoms with E-state index in [1.165, 1.54) is 7.11 Å². The van der Waals surface area contributed by atoms with Crippen LogP contribution in [-0.4, -0.2) is 7.11 Å². The Balaban J connectivity index is 0.000000921. The van der Waals surface area contributed by atoms with E-state index in [1.54, 1.807) is 12.1 Å². The first-order valence-electron chi connectivity index (χ1n) is 4.40. The molecule has 0 heterocycles. The number of nitriles is 2. The van der Waals surface area contributed by atoms with Gasteiger partial charge in [0, 0.05) is 6.07 Å². The Morgan fingerprint density at radius 2 is 1.67 bits per heavy atom. The first kappa shape index (κ1) is 12.9. The van der Waals surface area contributed by atoms with Crippen LogP contribution in [0.1, 0.15) is 25.0 Å². The third kappa shape index (κ3) is 2.96. The van der Waals surface area contributed by atoms with Gasteiger partial charge in [0.15, 0.2) is 0 Å². The summed E-state index contributed by atoms with van der Waals surface area (Å²) in [4.78, 5) is 0. The molecular weight excluding hydrogens is 195 g/mol. The van der Waals surface area contributed by atoms with Crippen LogP contribution in [0.2, 0.25) is 0 Å². The molecule has 78 valence electrons. The highest BCUT2D eigenvalue weighted by Crippen LogP contribution is 2.21. The fraction of sp³-hybridized carbons (Fsp3) is 0.273. The van der Waals surface area contributed by atoms with Gasteiger partial charge in [0.1, 0.15) is 23.7 Å². The number of methoxy groups -OCH3 is 1. The van der Waals surface area contributed by atoms with Crippen molar-refractivity contribution in [2.24, 2.45) is 0 Å². The molecule has 0 atom stereocenters. The maximum absolute atomic E-state index is 12.9. The van der Waals surface area contributed by atoms with Crippen LogP contribution in [0.5, 0.6) is 5.75 Å².